The van der Waals surface area contributed by atoms with Crippen LogP contribution >= 0.6 is 11.8 Å². The van der Waals surface area contributed by atoms with Gasteiger partial charge in [-0.2, -0.15) is 0 Å². The summed E-state index contributed by atoms with van der Waals surface area (Å²) in [5, 5.41) is 0. The van der Waals surface area contributed by atoms with E-state index >= 15 is 4.39 Å². The van der Waals surface area contributed by atoms with E-state index in [2.05, 4.69) is 0 Å². The van der Waals surface area contributed by atoms with Crippen molar-refractivity contribution in [1.82, 2.24) is 0 Å². The molecule has 4 rings (SSSR count). The second kappa shape index (κ2) is 11.6. The summed E-state index contributed by atoms with van der Waals surface area (Å²) in [6, 6.07) is 29.2. The Bertz CT molecular complexity index is 932. The third-order valence-electron chi connectivity index (χ3n) is 5.37. The van der Waals surface area contributed by atoms with E-state index in [1.807, 2.05) is 91.0 Å². The lowest BCUT2D eigenvalue weighted by Gasteiger charge is -2.42. The zero-order valence-corrected chi connectivity index (χ0v) is 18.6. The van der Waals surface area contributed by atoms with E-state index in [0.29, 0.717) is 6.61 Å². The van der Waals surface area contributed by atoms with Crippen molar-refractivity contribution < 1.29 is 18.6 Å². The number of benzene rings is 3. The van der Waals surface area contributed by atoms with Crippen molar-refractivity contribution in [3.05, 3.63) is 102 Å². The predicted molar refractivity (Wildman–Crippen MR) is 125 cm³/mol. The number of ether oxygens (including phenoxy) is 3. The molecular formula is C26H28FNO3S. The van der Waals surface area contributed by atoms with Crippen LogP contribution in [0.3, 0.4) is 0 Å². The maximum atomic E-state index is 15.9. The smallest absolute Gasteiger partial charge is 0.158 e. The first-order valence-electron chi connectivity index (χ1n) is 10.8. The zero-order chi connectivity index (χ0) is 22.2. The summed E-state index contributed by atoms with van der Waals surface area (Å²) in [5.41, 5.74) is 7.38. The van der Waals surface area contributed by atoms with Gasteiger partial charge in [-0.1, -0.05) is 90.6 Å². The van der Waals surface area contributed by atoms with Gasteiger partial charge in [0.05, 0.1) is 13.2 Å². The van der Waals surface area contributed by atoms with E-state index in [1.54, 1.807) is 0 Å². The lowest BCUT2D eigenvalue weighted by Crippen LogP contribution is -2.58. The van der Waals surface area contributed by atoms with Gasteiger partial charge in [-0.05, 0) is 23.3 Å². The summed E-state index contributed by atoms with van der Waals surface area (Å²) in [4.78, 5) is 0.984. The summed E-state index contributed by atoms with van der Waals surface area (Å²) >= 11 is 1.45. The molecule has 0 aromatic heterocycles. The molecule has 1 heterocycles. The Hall–Kier alpha value is -2.22. The van der Waals surface area contributed by atoms with Gasteiger partial charge in [0.25, 0.3) is 0 Å². The molecule has 5 unspecified atom stereocenters. The van der Waals surface area contributed by atoms with Gasteiger partial charge in [-0.25, -0.2) is 4.39 Å². The molecule has 1 aliphatic rings. The molecular weight excluding hydrogens is 425 g/mol. The van der Waals surface area contributed by atoms with Gasteiger partial charge in [-0.15, -0.1) is 0 Å². The summed E-state index contributed by atoms with van der Waals surface area (Å²) in [5.74, 6) is 0. The van der Waals surface area contributed by atoms with Crippen LogP contribution in [0, 0.1) is 0 Å². The Morgan fingerprint density at radius 1 is 0.750 bits per heavy atom. The minimum absolute atomic E-state index is 0.164. The number of hydrogen-bond acceptors (Lipinski definition) is 5. The van der Waals surface area contributed by atoms with Crippen molar-refractivity contribution in [3.63, 3.8) is 0 Å². The average molecular weight is 454 g/mol. The van der Waals surface area contributed by atoms with Crippen LogP contribution in [0.25, 0.3) is 0 Å². The normalized spacial score (nSPS) is 25.5. The molecule has 3 aromatic carbocycles. The minimum atomic E-state index is -1.38. The van der Waals surface area contributed by atoms with Gasteiger partial charge in [-0.3, -0.25) is 0 Å². The van der Waals surface area contributed by atoms with Crippen LogP contribution in [0.15, 0.2) is 95.9 Å². The number of nitrogens with two attached hydrogens (primary N) is 1. The lowest BCUT2D eigenvalue weighted by molar-refractivity contribution is -0.209. The fraction of sp³-hybridized carbons (Fsp3) is 0.308. The van der Waals surface area contributed by atoms with Crippen molar-refractivity contribution in [2.75, 3.05) is 6.54 Å². The second-order valence-corrected chi connectivity index (χ2v) is 8.85. The van der Waals surface area contributed by atoms with Gasteiger partial charge >= 0.3 is 0 Å². The molecule has 3 aromatic rings. The Morgan fingerprint density at radius 2 is 1.25 bits per heavy atom. The Kier molecular flexibility index (Phi) is 8.31. The zero-order valence-electron chi connectivity index (χ0n) is 17.8. The predicted octanol–water partition coefficient (Wildman–Crippen LogP) is 4.97. The van der Waals surface area contributed by atoms with Crippen LogP contribution < -0.4 is 5.73 Å². The van der Waals surface area contributed by atoms with E-state index in [-0.39, 0.29) is 13.2 Å². The van der Waals surface area contributed by atoms with E-state index in [4.69, 9.17) is 19.9 Å². The summed E-state index contributed by atoms with van der Waals surface area (Å²) in [6.45, 7) is 0.741. The van der Waals surface area contributed by atoms with Crippen molar-refractivity contribution in [1.29, 1.82) is 0 Å². The van der Waals surface area contributed by atoms with E-state index in [9.17, 15) is 0 Å². The monoisotopic (exact) mass is 453 g/mol. The summed E-state index contributed by atoms with van der Waals surface area (Å²) < 4.78 is 34.3. The maximum absolute atomic E-state index is 15.9. The molecule has 5 atom stereocenters. The van der Waals surface area contributed by atoms with Crippen molar-refractivity contribution >= 4 is 11.8 Å². The molecule has 1 saturated heterocycles. The van der Waals surface area contributed by atoms with Crippen LogP contribution in [-0.4, -0.2) is 36.5 Å². The maximum Gasteiger partial charge on any atom is 0.158 e. The van der Waals surface area contributed by atoms with E-state index in [1.165, 1.54) is 11.8 Å². The van der Waals surface area contributed by atoms with Crippen LogP contribution in [0.5, 0.6) is 0 Å². The standard InChI is InChI=1S/C26H28FNO3S/c27-23-24(29-17-19-10-4-1-5-11-19)22(16-28)31-26(32-21-14-8-3-9-15-21)25(23)30-18-20-12-6-2-7-13-20/h1-15,22-26H,16-18,28H2. The third kappa shape index (κ3) is 5.97. The topological polar surface area (TPSA) is 53.7 Å². The highest BCUT2D eigenvalue weighted by Crippen LogP contribution is 2.37. The number of alkyl halides is 1. The van der Waals surface area contributed by atoms with Crippen molar-refractivity contribution in [2.24, 2.45) is 5.73 Å². The second-order valence-electron chi connectivity index (χ2n) is 7.68. The van der Waals surface area contributed by atoms with E-state index < -0.39 is 29.9 Å². The van der Waals surface area contributed by atoms with Crippen molar-refractivity contribution in [2.45, 2.75) is 48.0 Å². The SMILES string of the molecule is NCC1OC(Sc2ccccc2)C(OCc2ccccc2)C(F)C1OCc1ccccc1. The molecule has 32 heavy (non-hydrogen) atoms. The van der Waals surface area contributed by atoms with Gasteiger partial charge in [0.2, 0.25) is 0 Å². The third-order valence-corrected chi connectivity index (χ3v) is 6.53. The van der Waals surface area contributed by atoms with Crippen LogP contribution in [0.1, 0.15) is 11.1 Å². The van der Waals surface area contributed by atoms with Gasteiger partial charge < -0.3 is 19.9 Å². The molecule has 0 spiro atoms. The first kappa shape index (κ1) is 23.0. The first-order chi connectivity index (χ1) is 15.7. The Morgan fingerprint density at radius 3 is 1.78 bits per heavy atom. The average Bonchev–Trinajstić information content (AvgIpc) is 2.85. The van der Waals surface area contributed by atoms with Gasteiger partial charge in [0.15, 0.2) is 6.17 Å². The highest BCUT2D eigenvalue weighted by Gasteiger charge is 2.47. The number of thioether (sulfide) groups is 1. The Labute approximate surface area is 192 Å². The van der Waals surface area contributed by atoms with Gasteiger partial charge in [0.1, 0.15) is 23.7 Å². The number of rotatable bonds is 9. The summed E-state index contributed by atoms with van der Waals surface area (Å²) in [6.07, 6.45) is -3.56. The Balaban J connectivity index is 1.51. The van der Waals surface area contributed by atoms with Crippen LogP contribution in [0.4, 0.5) is 4.39 Å². The molecule has 6 heteroatoms. The molecule has 4 nitrogen and oxygen atoms in total. The van der Waals surface area contributed by atoms with Crippen LogP contribution in [-0.2, 0) is 27.4 Å². The van der Waals surface area contributed by atoms with Crippen LogP contribution in [0.2, 0.25) is 0 Å². The molecule has 0 saturated carbocycles. The molecule has 0 radical (unpaired) electrons. The van der Waals surface area contributed by atoms with Gasteiger partial charge in [0, 0.05) is 11.4 Å². The molecule has 1 aliphatic heterocycles. The quantitative estimate of drug-likeness (QED) is 0.496. The molecule has 0 amide bonds. The first-order valence-corrected chi connectivity index (χ1v) is 11.6. The highest BCUT2D eigenvalue weighted by molar-refractivity contribution is 7.99. The highest BCUT2D eigenvalue weighted by atomic mass is 32.2. The minimum Gasteiger partial charge on any atom is -0.368 e. The van der Waals surface area contributed by atoms with E-state index in [0.717, 1.165) is 16.0 Å². The summed E-state index contributed by atoms with van der Waals surface area (Å²) in [7, 11) is 0. The molecule has 168 valence electrons. The van der Waals surface area contributed by atoms with Crippen molar-refractivity contribution in [3.8, 4) is 0 Å². The lowest BCUT2D eigenvalue weighted by atomic mass is 10.0. The molecule has 1 fully saturated rings. The molecule has 2 N–H and O–H groups in total. The number of hydrogen-bond donors (Lipinski definition) is 1. The number of halogens is 1. The fourth-order valence-electron chi connectivity index (χ4n) is 3.69. The molecule has 0 aliphatic carbocycles. The molecule has 0 bridgehead atoms. The fourth-order valence-corrected chi connectivity index (χ4v) is 4.83. The largest absolute Gasteiger partial charge is 0.368 e.